The molecule has 1 heterocycles. The van der Waals surface area contributed by atoms with Crippen molar-refractivity contribution in [2.45, 2.75) is 32.6 Å². The van der Waals surface area contributed by atoms with Crippen molar-refractivity contribution in [2.75, 3.05) is 20.1 Å². The van der Waals surface area contributed by atoms with Crippen molar-refractivity contribution in [3.8, 4) is 0 Å². The Morgan fingerprint density at radius 3 is 2.65 bits per heavy atom. The predicted octanol–water partition coefficient (Wildman–Crippen LogP) is 3.44. The van der Waals surface area contributed by atoms with E-state index in [4.69, 9.17) is 0 Å². The van der Waals surface area contributed by atoms with Crippen molar-refractivity contribution >= 4 is 0 Å². The first kappa shape index (κ1) is 12.4. The summed E-state index contributed by atoms with van der Waals surface area (Å²) in [5, 5.41) is 10.1. The Bertz CT molecular complexity index is 370. The Labute approximate surface area is 104 Å². The number of likely N-dealkylation sites (tertiary alicyclic amines) is 1. The van der Waals surface area contributed by atoms with Crippen LogP contribution >= 0.6 is 0 Å². The maximum Gasteiger partial charge on any atom is 0.119 e. The molecule has 0 bridgehead atoms. The molecule has 0 aromatic rings. The third-order valence-electron chi connectivity index (χ3n) is 4.20. The summed E-state index contributed by atoms with van der Waals surface area (Å²) < 4.78 is 0. The number of nitrogens with zero attached hydrogens (tertiary/aromatic N) is 1. The maximum absolute atomic E-state index is 10.1. The van der Waals surface area contributed by atoms with Crippen LogP contribution in [0.1, 0.15) is 32.6 Å². The number of aliphatic hydroxyl groups excluding tert-OH is 1. The summed E-state index contributed by atoms with van der Waals surface area (Å²) in [4.78, 5) is 2.37. The van der Waals surface area contributed by atoms with Gasteiger partial charge in [-0.05, 0) is 51.0 Å². The average molecular weight is 233 g/mol. The molecule has 1 saturated heterocycles. The van der Waals surface area contributed by atoms with Gasteiger partial charge in [-0.3, -0.25) is 0 Å². The zero-order valence-corrected chi connectivity index (χ0v) is 11.0. The third-order valence-corrected chi connectivity index (χ3v) is 4.20. The average Bonchev–Trinajstić information content (AvgIpc) is 2.57. The van der Waals surface area contributed by atoms with E-state index in [1.165, 1.54) is 5.57 Å². The van der Waals surface area contributed by atoms with Crippen molar-refractivity contribution in [2.24, 2.45) is 5.41 Å². The zero-order chi connectivity index (χ0) is 12.5. The number of rotatable bonds is 3. The highest BCUT2D eigenvalue weighted by atomic mass is 16.3. The summed E-state index contributed by atoms with van der Waals surface area (Å²) in [6, 6.07) is 0. The zero-order valence-electron chi connectivity index (χ0n) is 11.0. The molecule has 0 amide bonds. The first-order valence-corrected chi connectivity index (χ1v) is 6.60. The minimum atomic E-state index is 0.121. The van der Waals surface area contributed by atoms with Crippen LogP contribution in [0.5, 0.6) is 0 Å². The van der Waals surface area contributed by atoms with Crippen LogP contribution in [-0.2, 0) is 0 Å². The van der Waals surface area contributed by atoms with Gasteiger partial charge in [-0.25, -0.2) is 0 Å². The first-order chi connectivity index (χ1) is 8.13. The fourth-order valence-electron chi connectivity index (χ4n) is 3.17. The van der Waals surface area contributed by atoms with Crippen LogP contribution in [0.3, 0.4) is 0 Å². The van der Waals surface area contributed by atoms with E-state index in [0.717, 1.165) is 44.3 Å². The van der Waals surface area contributed by atoms with Gasteiger partial charge in [0.1, 0.15) is 5.76 Å². The van der Waals surface area contributed by atoms with Gasteiger partial charge in [-0.2, -0.15) is 0 Å². The number of hydrogen-bond acceptors (Lipinski definition) is 2. The van der Waals surface area contributed by atoms with E-state index >= 15 is 0 Å². The highest BCUT2D eigenvalue weighted by molar-refractivity contribution is 5.50. The van der Waals surface area contributed by atoms with Gasteiger partial charge in [0.25, 0.3) is 0 Å². The van der Waals surface area contributed by atoms with E-state index in [9.17, 15) is 5.11 Å². The summed E-state index contributed by atoms with van der Waals surface area (Å²) in [6.45, 7) is 8.27. The SMILES string of the molecule is C=CC1=C(CCC)C2(C=C1O)CCN(C)CC2. The summed E-state index contributed by atoms with van der Waals surface area (Å²) in [5.74, 6) is 0.452. The van der Waals surface area contributed by atoms with Gasteiger partial charge >= 0.3 is 0 Å². The maximum atomic E-state index is 10.1. The topological polar surface area (TPSA) is 23.5 Å². The van der Waals surface area contributed by atoms with Crippen LogP contribution in [0.2, 0.25) is 0 Å². The van der Waals surface area contributed by atoms with Gasteiger partial charge in [0.2, 0.25) is 0 Å². The number of allylic oxidation sites excluding steroid dienone is 3. The smallest absolute Gasteiger partial charge is 0.119 e. The van der Waals surface area contributed by atoms with E-state index in [2.05, 4.69) is 31.5 Å². The summed E-state index contributed by atoms with van der Waals surface area (Å²) in [6.07, 6.45) is 8.36. The van der Waals surface area contributed by atoms with Gasteiger partial charge in [-0.15, -0.1) is 0 Å². The molecule has 0 saturated carbocycles. The number of aliphatic hydroxyl groups is 1. The van der Waals surface area contributed by atoms with Crippen LogP contribution in [0.4, 0.5) is 0 Å². The Morgan fingerprint density at radius 2 is 2.12 bits per heavy atom. The molecule has 2 heteroatoms. The Balaban J connectivity index is 2.34. The Morgan fingerprint density at radius 1 is 1.47 bits per heavy atom. The summed E-state index contributed by atoms with van der Waals surface area (Å²) in [7, 11) is 2.17. The number of hydrogen-bond donors (Lipinski definition) is 1. The van der Waals surface area contributed by atoms with Gasteiger partial charge < -0.3 is 10.0 Å². The third kappa shape index (κ3) is 2.06. The fourth-order valence-corrected chi connectivity index (χ4v) is 3.17. The molecule has 0 aromatic heterocycles. The van der Waals surface area contributed by atoms with E-state index < -0.39 is 0 Å². The molecule has 1 N–H and O–H groups in total. The Hall–Kier alpha value is -1.02. The summed E-state index contributed by atoms with van der Waals surface area (Å²) >= 11 is 0. The molecule has 1 aliphatic carbocycles. The Kier molecular flexibility index (Phi) is 3.43. The minimum Gasteiger partial charge on any atom is -0.508 e. The van der Waals surface area contributed by atoms with Crippen LogP contribution in [0, 0.1) is 5.41 Å². The highest BCUT2D eigenvalue weighted by Crippen LogP contribution is 2.49. The highest BCUT2D eigenvalue weighted by Gasteiger charge is 2.40. The van der Waals surface area contributed by atoms with Crippen molar-refractivity contribution in [1.29, 1.82) is 0 Å². The second-order valence-corrected chi connectivity index (χ2v) is 5.34. The second kappa shape index (κ2) is 4.69. The second-order valence-electron chi connectivity index (χ2n) is 5.34. The molecule has 17 heavy (non-hydrogen) atoms. The lowest BCUT2D eigenvalue weighted by molar-refractivity contribution is 0.190. The van der Waals surface area contributed by atoms with E-state index in [1.807, 2.05) is 6.08 Å². The van der Waals surface area contributed by atoms with Crippen molar-refractivity contribution in [3.63, 3.8) is 0 Å². The predicted molar refractivity (Wildman–Crippen MR) is 72.0 cm³/mol. The molecule has 2 rings (SSSR count). The fraction of sp³-hybridized carbons (Fsp3) is 0.600. The lowest BCUT2D eigenvalue weighted by atomic mass is 9.72. The van der Waals surface area contributed by atoms with Gasteiger partial charge in [0.05, 0.1) is 0 Å². The molecule has 2 aliphatic rings. The van der Waals surface area contributed by atoms with Crippen LogP contribution in [-0.4, -0.2) is 30.1 Å². The molecular formula is C15H23NO. The monoisotopic (exact) mass is 233 g/mol. The molecule has 1 fully saturated rings. The van der Waals surface area contributed by atoms with Gasteiger partial charge in [0, 0.05) is 11.0 Å². The lowest BCUT2D eigenvalue weighted by Gasteiger charge is -2.39. The standard InChI is InChI=1S/C15H23NO/c1-4-6-13-12(5-2)14(17)11-15(13)7-9-16(3)10-8-15/h5,11,17H,2,4,6-10H2,1,3H3. The summed E-state index contributed by atoms with van der Waals surface area (Å²) in [5.41, 5.74) is 2.54. The molecule has 0 radical (unpaired) electrons. The van der Waals surface area contributed by atoms with Gasteiger partial charge in [-0.1, -0.05) is 26.0 Å². The number of piperidine rings is 1. The van der Waals surface area contributed by atoms with Gasteiger partial charge in [0.15, 0.2) is 0 Å². The van der Waals surface area contributed by atoms with Crippen LogP contribution < -0.4 is 0 Å². The quantitative estimate of drug-likeness (QED) is 0.807. The molecule has 0 atom stereocenters. The molecular weight excluding hydrogens is 210 g/mol. The molecule has 1 aliphatic heterocycles. The largest absolute Gasteiger partial charge is 0.508 e. The van der Waals surface area contributed by atoms with E-state index in [-0.39, 0.29) is 5.41 Å². The van der Waals surface area contributed by atoms with E-state index in [0.29, 0.717) is 5.76 Å². The minimum absolute atomic E-state index is 0.121. The molecule has 0 aromatic carbocycles. The molecule has 1 spiro atoms. The first-order valence-electron chi connectivity index (χ1n) is 6.60. The normalized spacial score (nSPS) is 24.2. The molecule has 2 nitrogen and oxygen atoms in total. The van der Waals surface area contributed by atoms with Crippen molar-refractivity contribution in [3.05, 3.63) is 35.6 Å². The van der Waals surface area contributed by atoms with Crippen LogP contribution in [0.15, 0.2) is 35.6 Å². The lowest BCUT2D eigenvalue weighted by Crippen LogP contribution is -2.37. The van der Waals surface area contributed by atoms with E-state index in [1.54, 1.807) is 0 Å². The van der Waals surface area contributed by atoms with Crippen molar-refractivity contribution in [1.82, 2.24) is 4.90 Å². The van der Waals surface area contributed by atoms with Crippen LogP contribution in [0.25, 0.3) is 0 Å². The molecule has 94 valence electrons. The molecule has 0 unspecified atom stereocenters. The van der Waals surface area contributed by atoms with Crippen molar-refractivity contribution < 1.29 is 5.11 Å².